The van der Waals surface area contributed by atoms with Crippen LogP contribution in [0.5, 0.6) is 0 Å². The van der Waals surface area contributed by atoms with Crippen molar-refractivity contribution in [3.8, 4) is 0 Å². The summed E-state index contributed by atoms with van der Waals surface area (Å²) >= 11 is 0. The van der Waals surface area contributed by atoms with Gasteiger partial charge in [0.2, 0.25) is 0 Å². The maximum atomic E-state index is 5.50. The molecule has 1 aliphatic rings. The molecule has 0 aromatic carbocycles. The highest BCUT2D eigenvalue weighted by Crippen LogP contribution is 2.31. The normalized spacial score (nSPS) is 15.4. The maximum Gasteiger partial charge on any atom is -0.00742 e. The van der Waals surface area contributed by atoms with E-state index in [1.54, 1.807) is 11.1 Å². The summed E-state index contributed by atoms with van der Waals surface area (Å²) < 4.78 is 0. The van der Waals surface area contributed by atoms with E-state index in [0.717, 1.165) is 6.54 Å². The monoisotopic (exact) mass is 197 g/mol. The Morgan fingerprint density at radius 3 is 2.14 bits per heavy atom. The second kappa shape index (κ2) is 9.26. The van der Waals surface area contributed by atoms with Crippen molar-refractivity contribution in [3.05, 3.63) is 11.1 Å². The molecule has 0 heterocycles. The molecule has 0 unspecified atom stereocenters. The van der Waals surface area contributed by atoms with E-state index < -0.39 is 0 Å². The molecule has 0 aliphatic heterocycles. The van der Waals surface area contributed by atoms with Crippen LogP contribution < -0.4 is 5.73 Å². The predicted octanol–water partition coefficient (Wildman–Crippen LogP) is 4.03. The largest absolute Gasteiger partial charge is 0.330 e. The first-order valence-electron chi connectivity index (χ1n) is 6.28. The number of hydrogen-bond acceptors (Lipinski definition) is 1. The summed E-state index contributed by atoms with van der Waals surface area (Å²) in [6.07, 6.45) is 9.22. The number of nitrogens with two attached hydrogens (primary N) is 1. The summed E-state index contributed by atoms with van der Waals surface area (Å²) in [6, 6.07) is 0. The molecule has 0 aromatic heterocycles. The van der Waals surface area contributed by atoms with Crippen LogP contribution in [-0.4, -0.2) is 6.54 Å². The minimum absolute atomic E-state index is 0.850. The van der Waals surface area contributed by atoms with Crippen LogP contribution >= 0.6 is 0 Å². The van der Waals surface area contributed by atoms with Gasteiger partial charge in [0.1, 0.15) is 0 Å². The molecule has 84 valence electrons. The average Bonchev–Trinajstić information content (AvgIpc) is 2.66. The first kappa shape index (κ1) is 13.7. The Morgan fingerprint density at radius 2 is 1.64 bits per heavy atom. The van der Waals surface area contributed by atoms with Crippen molar-refractivity contribution in [2.24, 2.45) is 5.73 Å². The van der Waals surface area contributed by atoms with Crippen molar-refractivity contribution >= 4 is 0 Å². The Hall–Kier alpha value is -0.300. The Balaban J connectivity index is 0.000000791. The van der Waals surface area contributed by atoms with Gasteiger partial charge in [0.05, 0.1) is 0 Å². The minimum atomic E-state index is 0.850. The van der Waals surface area contributed by atoms with E-state index in [-0.39, 0.29) is 0 Å². The first-order chi connectivity index (χ1) is 6.88. The molecule has 0 atom stereocenters. The van der Waals surface area contributed by atoms with Gasteiger partial charge in [0.25, 0.3) is 0 Å². The zero-order valence-electron chi connectivity index (χ0n) is 10.2. The lowest BCUT2D eigenvalue weighted by molar-refractivity contribution is 0.785. The van der Waals surface area contributed by atoms with E-state index in [1.165, 1.54) is 44.9 Å². The van der Waals surface area contributed by atoms with Gasteiger partial charge in [-0.15, -0.1) is 0 Å². The smallest absolute Gasteiger partial charge is 0.00742 e. The Kier molecular flexibility index (Phi) is 9.06. The molecule has 1 nitrogen and oxygen atoms in total. The lowest BCUT2D eigenvalue weighted by Crippen LogP contribution is -1.98. The number of hydrogen-bond donors (Lipinski definition) is 1. The zero-order chi connectivity index (χ0) is 10.8. The fourth-order valence-corrected chi connectivity index (χ4v) is 2.09. The van der Waals surface area contributed by atoms with Gasteiger partial charge in [-0.3, -0.25) is 0 Å². The third-order valence-corrected chi connectivity index (χ3v) is 2.69. The highest BCUT2D eigenvalue weighted by molar-refractivity contribution is 5.19. The Bertz CT molecular complexity index is 159. The zero-order valence-corrected chi connectivity index (χ0v) is 10.2. The molecular weight excluding hydrogens is 170 g/mol. The first-order valence-corrected chi connectivity index (χ1v) is 6.28. The highest BCUT2D eigenvalue weighted by Gasteiger charge is 2.12. The summed E-state index contributed by atoms with van der Waals surface area (Å²) in [7, 11) is 0. The van der Waals surface area contributed by atoms with Crippen LogP contribution in [0, 0.1) is 0 Å². The standard InChI is InChI=1S/C11H21N.C2H6/c1-2-5-10-6-3-7-11(10)8-4-9-12;1-2/h2-9,12H2,1H3;1-2H3. The van der Waals surface area contributed by atoms with Gasteiger partial charge in [-0.25, -0.2) is 0 Å². The van der Waals surface area contributed by atoms with Crippen molar-refractivity contribution < 1.29 is 0 Å². The Labute approximate surface area is 89.8 Å². The molecule has 0 fully saturated rings. The molecule has 0 saturated heterocycles. The molecule has 0 saturated carbocycles. The second-order valence-electron chi connectivity index (χ2n) is 3.70. The summed E-state index contributed by atoms with van der Waals surface area (Å²) in [5.74, 6) is 0. The van der Waals surface area contributed by atoms with E-state index in [0.29, 0.717) is 0 Å². The van der Waals surface area contributed by atoms with Crippen molar-refractivity contribution in [2.75, 3.05) is 6.54 Å². The van der Waals surface area contributed by atoms with Crippen molar-refractivity contribution in [1.82, 2.24) is 0 Å². The third-order valence-electron chi connectivity index (χ3n) is 2.69. The quantitative estimate of drug-likeness (QED) is 0.662. The predicted molar refractivity (Wildman–Crippen MR) is 65.4 cm³/mol. The van der Waals surface area contributed by atoms with Gasteiger partial charge in [0.15, 0.2) is 0 Å². The fraction of sp³-hybridized carbons (Fsp3) is 0.846. The summed E-state index contributed by atoms with van der Waals surface area (Å²) in [4.78, 5) is 0. The molecule has 0 amide bonds. The highest BCUT2D eigenvalue weighted by atomic mass is 14.5. The third kappa shape index (κ3) is 4.80. The topological polar surface area (TPSA) is 26.0 Å². The van der Waals surface area contributed by atoms with Crippen LogP contribution in [0.4, 0.5) is 0 Å². The van der Waals surface area contributed by atoms with Crippen LogP contribution in [0.2, 0.25) is 0 Å². The van der Waals surface area contributed by atoms with E-state index >= 15 is 0 Å². The van der Waals surface area contributed by atoms with E-state index in [2.05, 4.69) is 6.92 Å². The lowest BCUT2D eigenvalue weighted by Gasteiger charge is -2.04. The van der Waals surface area contributed by atoms with Gasteiger partial charge in [0, 0.05) is 0 Å². The summed E-state index contributed by atoms with van der Waals surface area (Å²) in [6.45, 7) is 7.12. The molecule has 1 rings (SSSR count). The van der Waals surface area contributed by atoms with E-state index in [1.807, 2.05) is 13.8 Å². The van der Waals surface area contributed by atoms with Gasteiger partial charge >= 0.3 is 0 Å². The molecule has 1 heteroatoms. The molecular formula is C13H27N. The van der Waals surface area contributed by atoms with Crippen molar-refractivity contribution in [3.63, 3.8) is 0 Å². The van der Waals surface area contributed by atoms with E-state index in [9.17, 15) is 0 Å². The van der Waals surface area contributed by atoms with E-state index in [4.69, 9.17) is 5.73 Å². The van der Waals surface area contributed by atoms with Crippen LogP contribution in [0.15, 0.2) is 11.1 Å². The molecule has 0 radical (unpaired) electrons. The molecule has 0 spiro atoms. The van der Waals surface area contributed by atoms with Gasteiger partial charge in [-0.05, 0) is 45.1 Å². The maximum absolute atomic E-state index is 5.50. The average molecular weight is 197 g/mol. The van der Waals surface area contributed by atoms with Gasteiger partial charge < -0.3 is 5.73 Å². The number of allylic oxidation sites excluding steroid dienone is 2. The van der Waals surface area contributed by atoms with Crippen molar-refractivity contribution in [1.29, 1.82) is 0 Å². The summed E-state index contributed by atoms with van der Waals surface area (Å²) in [5.41, 5.74) is 9.00. The second-order valence-corrected chi connectivity index (χ2v) is 3.70. The molecule has 14 heavy (non-hydrogen) atoms. The lowest BCUT2D eigenvalue weighted by atomic mass is 10.0. The van der Waals surface area contributed by atoms with Gasteiger partial charge in [-0.1, -0.05) is 38.3 Å². The minimum Gasteiger partial charge on any atom is -0.330 e. The molecule has 0 bridgehead atoms. The fourth-order valence-electron chi connectivity index (χ4n) is 2.09. The van der Waals surface area contributed by atoms with Crippen LogP contribution in [0.1, 0.15) is 65.7 Å². The number of rotatable bonds is 5. The molecule has 0 aromatic rings. The summed E-state index contributed by atoms with van der Waals surface area (Å²) in [5, 5.41) is 0. The van der Waals surface area contributed by atoms with Gasteiger partial charge in [-0.2, -0.15) is 0 Å². The Morgan fingerprint density at radius 1 is 1.07 bits per heavy atom. The molecule has 1 aliphatic carbocycles. The van der Waals surface area contributed by atoms with Crippen LogP contribution in [-0.2, 0) is 0 Å². The van der Waals surface area contributed by atoms with Crippen molar-refractivity contribution in [2.45, 2.75) is 65.7 Å². The SMILES string of the molecule is CC.CCCC1=C(CCCN)CCC1. The van der Waals surface area contributed by atoms with Crippen LogP contribution in [0.25, 0.3) is 0 Å². The molecule has 2 N–H and O–H groups in total. The van der Waals surface area contributed by atoms with Crippen LogP contribution in [0.3, 0.4) is 0 Å².